The predicted octanol–water partition coefficient (Wildman–Crippen LogP) is 2.13. The van der Waals surface area contributed by atoms with Gasteiger partial charge in [-0.15, -0.1) is 13.2 Å². The van der Waals surface area contributed by atoms with Gasteiger partial charge in [0.05, 0.1) is 12.2 Å². The fourth-order valence-corrected chi connectivity index (χ4v) is 0.218. The molecule has 2 nitrogen and oxygen atoms in total. The molecule has 0 spiro atoms. The molecule has 0 unspecified atom stereocenters. The molecule has 0 aliphatic carbocycles. The Labute approximate surface area is 62.2 Å². The van der Waals surface area contributed by atoms with Crippen LogP contribution in [0.4, 0.5) is 0 Å². The fourth-order valence-electron chi connectivity index (χ4n) is 0.218. The van der Waals surface area contributed by atoms with Gasteiger partial charge in [-0.3, -0.25) is 4.79 Å². The Bertz CT molecular complexity index is 106. The van der Waals surface area contributed by atoms with Gasteiger partial charge in [0.15, 0.2) is 0 Å². The molecule has 0 radical (unpaired) electrons. The van der Waals surface area contributed by atoms with Gasteiger partial charge in [0, 0.05) is 0 Å². The third-order valence-corrected chi connectivity index (χ3v) is 0.671. The van der Waals surface area contributed by atoms with E-state index in [0.29, 0.717) is 0 Å². The largest absolute Gasteiger partial charge is 0.435 e. The monoisotopic (exact) mass is 142 g/mol. The van der Waals surface area contributed by atoms with Crippen molar-refractivity contribution < 1.29 is 9.53 Å². The van der Waals surface area contributed by atoms with E-state index in [-0.39, 0.29) is 11.9 Å². The lowest BCUT2D eigenvalue weighted by Crippen LogP contribution is -2.07. The molecule has 0 aliphatic heterocycles. The Morgan fingerprint density at radius 2 is 1.90 bits per heavy atom. The van der Waals surface area contributed by atoms with E-state index < -0.39 is 0 Å². The van der Waals surface area contributed by atoms with Crippen molar-refractivity contribution in [3.05, 3.63) is 26.0 Å². The molecule has 10 heavy (non-hydrogen) atoms. The van der Waals surface area contributed by atoms with Gasteiger partial charge in [-0.2, -0.15) is 0 Å². The van der Waals surface area contributed by atoms with Crippen LogP contribution >= 0.6 is 0 Å². The lowest BCUT2D eigenvalue weighted by Gasteiger charge is -1.98. The molecule has 0 aliphatic rings. The van der Waals surface area contributed by atoms with Crippen molar-refractivity contribution in [2.45, 2.75) is 13.8 Å². The van der Waals surface area contributed by atoms with Gasteiger partial charge in [-0.05, 0) is 0 Å². The molecule has 0 aromatic heterocycles. The summed E-state index contributed by atoms with van der Waals surface area (Å²) in [5.74, 6) is -0.298. The number of carbonyl (C=O) groups is 1. The minimum absolute atomic E-state index is 0.0620. The van der Waals surface area contributed by atoms with Crippen molar-refractivity contribution >= 4 is 5.97 Å². The second kappa shape index (κ2) is 7.95. The lowest BCUT2D eigenvalue weighted by atomic mass is 10.2. The number of hydrogen-bond acceptors (Lipinski definition) is 2. The lowest BCUT2D eigenvalue weighted by molar-refractivity contribution is -0.141. The Kier molecular flexibility index (Phi) is 9.31. The number of rotatable bonds is 2. The summed E-state index contributed by atoms with van der Waals surface area (Å²) >= 11 is 0. The van der Waals surface area contributed by atoms with Gasteiger partial charge >= 0.3 is 5.97 Å². The van der Waals surface area contributed by atoms with E-state index in [1.165, 1.54) is 0 Å². The van der Waals surface area contributed by atoms with Crippen LogP contribution in [0.5, 0.6) is 0 Å². The summed E-state index contributed by atoms with van der Waals surface area (Å²) < 4.78 is 4.43. The van der Waals surface area contributed by atoms with E-state index in [2.05, 4.69) is 24.5 Å². The second-order valence-corrected chi connectivity index (χ2v) is 1.76. The molecule has 0 aromatic carbocycles. The van der Waals surface area contributed by atoms with Gasteiger partial charge in [-0.1, -0.05) is 20.4 Å². The van der Waals surface area contributed by atoms with Crippen molar-refractivity contribution in [3.63, 3.8) is 0 Å². The van der Waals surface area contributed by atoms with Crippen LogP contribution in [0, 0.1) is 5.92 Å². The van der Waals surface area contributed by atoms with Crippen molar-refractivity contribution in [1.29, 1.82) is 0 Å². The van der Waals surface area contributed by atoms with E-state index in [1.54, 1.807) is 13.8 Å². The third kappa shape index (κ3) is 6.95. The van der Waals surface area contributed by atoms with Crippen LogP contribution in [-0.2, 0) is 9.53 Å². The van der Waals surface area contributed by atoms with E-state index >= 15 is 0 Å². The number of ether oxygens (including phenoxy) is 1. The second-order valence-electron chi connectivity index (χ2n) is 1.76. The van der Waals surface area contributed by atoms with Gasteiger partial charge in [0.1, 0.15) is 0 Å². The highest BCUT2D eigenvalue weighted by Gasteiger charge is 2.04. The first-order valence-corrected chi connectivity index (χ1v) is 3.00. The maximum atomic E-state index is 10.4. The number of esters is 1. The quantitative estimate of drug-likeness (QED) is 0.335. The molecule has 0 heterocycles. The standard InChI is InChI=1S/C6H10O2.C2H4/c1-4-8-6(7)5(2)3;1-2/h4-5H,1H2,2-3H3;1-2H2. The minimum Gasteiger partial charge on any atom is -0.435 e. The Morgan fingerprint density at radius 3 is 2.00 bits per heavy atom. The first-order valence-electron chi connectivity index (χ1n) is 3.00. The molecule has 0 bridgehead atoms. The molecule has 0 fully saturated rings. The summed E-state index contributed by atoms with van der Waals surface area (Å²) in [5, 5.41) is 0. The maximum absolute atomic E-state index is 10.4. The SMILES string of the molecule is C=C.C=COC(=O)C(C)C. The molecule has 0 aromatic rings. The molecule has 0 N–H and O–H groups in total. The third-order valence-electron chi connectivity index (χ3n) is 0.671. The summed E-state index contributed by atoms with van der Waals surface area (Å²) in [6.45, 7) is 12.8. The van der Waals surface area contributed by atoms with Crippen LogP contribution in [0.2, 0.25) is 0 Å². The van der Waals surface area contributed by atoms with Crippen LogP contribution in [0.25, 0.3) is 0 Å². The molecule has 0 amide bonds. The van der Waals surface area contributed by atoms with Crippen LogP contribution in [0.15, 0.2) is 26.0 Å². The summed E-state index contributed by atoms with van der Waals surface area (Å²) in [6.07, 6.45) is 1.14. The van der Waals surface area contributed by atoms with Gasteiger partial charge < -0.3 is 4.74 Å². The molecule has 0 rings (SSSR count). The van der Waals surface area contributed by atoms with Gasteiger partial charge in [0.2, 0.25) is 0 Å². The summed E-state index contributed by atoms with van der Waals surface area (Å²) in [6, 6.07) is 0. The molecule has 2 heteroatoms. The average Bonchev–Trinajstić information content (AvgIpc) is 1.93. The Morgan fingerprint density at radius 1 is 1.50 bits per heavy atom. The minimum atomic E-state index is -0.236. The smallest absolute Gasteiger partial charge is 0.313 e. The van der Waals surface area contributed by atoms with Crippen molar-refractivity contribution in [1.82, 2.24) is 0 Å². The van der Waals surface area contributed by atoms with E-state index in [0.717, 1.165) is 6.26 Å². The highest BCUT2D eigenvalue weighted by atomic mass is 16.5. The predicted molar refractivity (Wildman–Crippen MR) is 42.4 cm³/mol. The molecular weight excluding hydrogens is 128 g/mol. The number of carbonyl (C=O) groups excluding carboxylic acids is 1. The van der Waals surface area contributed by atoms with Crippen molar-refractivity contribution in [2.75, 3.05) is 0 Å². The maximum Gasteiger partial charge on any atom is 0.313 e. The topological polar surface area (TPSA) is 26.3 Å². The molecular formula is C8H14O2. The van der Waals surface area contributed by atoms with E-state index in [4.69, 9.17) is 0 Å². The van der Waals surface area contributed by atoms with Crippen LogP contribution in [-0.4, -0.2) is 5.97 Å². The summed E-state index contributed by atoms with van der Waals surface area (Å²) in [7, 11) is 0. The highest BCUT2D eigenvalue weighted by molar-refractivity contribution is 5.71. The van der Waals surface area contributed by atoms with Crippen LogP contribution in [0.1, 0.15) is 13.8 Å². The van der Waals surface area contributed by atoms with Gasteiger partial charge in [0.25, 0.3) is 0 Å². The first-order chi connectivity index (χ1) is 4.68. The fraction of sp³-hybridized carbons (Fsp3) is 0.375. The molecule has 0 saturated heterocycles. The summed E-state index contributed by atoms with van der Waals surface area (Å²) in [4.78, 5) is 10.4. The van der Waals surface area contributed by atoms with Crippen LogP contribution in [0.3, 0.4) is 0 Å². The average molecular weight is 142 g/mol. The molecule has 58 valence electrons. The first kappa shape index (κ1) is 11.7. The molecule has 0 saturated carbocycles. The van der Waals surface area contributed by atoms with E-state index in [1.807, 2.05) is 0 Å². The zero-order valence-corrected chi connectivity index (χ0v) is 6.59. The van der Waals surface area contributed by atoms with Crippen molar-refractivity contribution in [3.8, 4) is 0 Å². The zero-order chi connectivity index (χ0) is 8.57. The zero-order valence-electron chi connectivity index (χ0n) is 6.59. The van der Waals surface area contributed by atoms with Gasteiger partial charge in [-0.25, -0.2) is 0 Å². The molecule has 0 atom stereocenters. The Balaban J connectivity index is 0. The van der Waals surface area contributed by atoms with Crippen molar-refractivity contribution in [2.24, 2.45) is 5.92 Å². The Hall–Kier alpha value is -1.05. The highest BCUT2D eigenvalue weighted by Crippen LogP contribution is 1.94. The normalized spacial score (nSPS) is 7.50. The van der Waals surface area contributed by atoms with E-state index in [9.17, 15) is 4.79 Å². The van der Waals surface area contributed by atoms with Crippen LogP contribution < -0.4 is 0 Å². The summed E-state index contributed by atoms with van der Waals surface area (Å²) in [5.41, 5.74) is 0. The number of hydrogen-bond donors (Lipinski definition) is 0.